The van der Waals surface area contributed by atoms with E-state index in [2.05, 4.69) is 22.2 Å². The molecule has 0 radical (unpaired) electrons. The van der Waals surface area contributed by atoms with Crippen LogP contribution in [0.4, 0.5) is 4.39 Å². The van der Waals surface area contributed by atoms with Gasteiger partial charge in [0.1, 0.15) is 35.3 Å². The average molecular weight is 575 g/mol. The maximum absolute atomic E-state index is 14.2. The molecule has 7 aromatic rings. The first kappa shape index (κ1) is 26.6. The number of hydrogen-bond donors (Lipinski definition) is 0. The summed E-state index contributed by atoms with van der Waals surface area (Å²) in [5.41, 5.74) is 6.31. The van der Waals surface area contributed by atoms with Crippen LogP contribution in [0.15, 0.2) is 104 Å². The van der Waals surface area contributed by atoms with Gasteiger partial charge in [0.25, 0.3) is 0 Å². The Bertz CT molecular complexity index is 2300. The lowest BCUT2D eigenvalue weighted by molar-refractivity contribution is 0.483. The Morgan fingerprint density at radius 1 is 0.773 bits per heavy atom. The molecule has 0 aliphatic rings. The highest BCUT2D eigenvalue weighted by Crippen LogP contribution is 2.36. The minimum absolute atomic E-state index is 0.364. The molecule has 0 atom stereocenters. The van der Waals surface area contributed by atoms with E-state index in [1.807, 2.05) is 97.4 Å². The van der Waals surface area contributed by atoms with Crippen LogP contribution in [0.25, 0.3) is 44.4 Å². The molecule has 3 heterocycles. The normalized spacial score (nSPS) is 11.0. The molecular weight excluding hydrogens is 551 g/mol. The second kappa shape index (κ2) is 10.5. The largest absolute Gasteiger partial charge is 0.457 e. The van der Waals surface area contributed by atoms with Gasteiger partial charge in [-0.1, -0.05) is 30.3 Å². The zero-order chi connectivity index (χ0) is 30.4. The van der Waals surface area contributed by atoms with Crippen LogP contribution in [-0.4, -0.2) is 19.3 Å². The molecule has 0 aliphatic heterocycles. The maximum Gasteiger partial charge on any atom is 0.140 e. The standard InChI is InChI=1S/C36H23FN6O/c1-22-14-23(2)32(19-39)36(31(22)18-38)24-20-41-42(21-24)26-6-5-7-27(16-26)44-28-10-11-30-29-8-3-4-9-33(29)43(34(30)17-28)35-15-25(37)12-13-40-35/h3-17,20-21H,1-2H3. The summed E-state index contributed by atoms with van der Waals surface area (Å²) in [6.07, 6.45) is 4.93. The van der Waals surface area contributed by atoms with Crippen LogP contribution in [0.1, 0.15) is 22.3 Å². The Morgan fingerprint density at radius 2 is 1.52 bits per heavy atom. The highest BCUT2D eigenvalue weighted by Gasteiger charge is 2.18. The number of benzene rings is 4. The van der Waals surface area contributed by atoms with Crippen molar-refractivity contribution in [2.45, 2.75) is 13.8 Å². The number of nitrogens with zero attached hydrogens (tertiary/aromatic N) is 6. The summed E-state index contributed by atoms with van der Waals surface area (Å²) in [6, 6.07) is 30.4. The number of fused-ring (bicyclic) bond motifs is 3. The van der Waals surface area contributed by atoms with Gasteiger partial charge in [0.05, 0.1) is 34.0 Å². The first-order chi connectivity index (χ1) is 21.4. The van der Waals surface area contributed by atoms with E-state index in [0.717, 1.165) is 38.6 Å². The molecule has 0 unspecified atom stereocenters. The van der Waals surface area contributed by atoms with Crippen LogP contribution in [-0.2, 0) is 0 Å². The van der Waals surface area contributed by atoms with E-state index in [1.54, 1.807) is 10.9 Å². The smallest absolute Gasteiger partial charge is 0.140 e. The van der Waals surface area contributed by atoms with Gasteiger partial charge in [0, 0.05) is 52.5 Å². The zero-order valence-electron chi connectivity index (χ0n) is 23.8. The SMILES string of the molecule is Cc1cc(C)c(C#N)c(-c2cnn(-c3cccc(Oc4ccc5c6ccccc6n(-c6cc(F)ccn6)c5c4)c3)c2)c1C#N. The van der Waals surface area contributed by atoms with Gasteiger partial charge >= 0.3 is 0 Å². The molecule has 8 heteroatoms. The van der Waals surface area contributed by atoms with E-state index < -0.39 is 0 Å². The van der Waals surface area contributed by atoms with Gasteiger partial charge in [-0.3, -0.25) is 4.57 Å². The second-order valence-electron chi connectivity index (χ2n) is 10.5. The first-order valence-corrected chi connectivity index (χ1v) is 13.9. The number of nitriles is 2. The third-order valence-electron chi connectivity index (χ3n) is 7.72. The molecule has 44 heavy (non-hydrogen) atoms. The number of hydrogen-bond acceptors (Lipinski definition) is 5. The van der Waals surface area contributed by atoms with Crippen LogP contribution in [0.3, 0.4) is 0 Å². The first-order valence-electron chi connectivity index (χ1n) is 13.9. The fourth-order valence-corrected chi connectivity index (χ4v) is 5.76. The lowest BCUT2D eigenvalue weighted by Crippen LogP contribution is -1.98. The van der Waals surface area contributed by atoms with Crippen molar-refractivity contribution < 1.29 is 9.13 Å². The van der Waals surface area contributed by atoms with Crippen LogP contribution in [0.2, 0.25) is 0 Å². The predicted octanol–water partition coefficient (Wildman–Crippen LogP) is 8.32. The molecular formula is C36H23FN6O. The van der Waals surface area contributed by atoms with Gasteiger partial charge in [-0.25, -0.2) is 14.1 Å². The third-order valence-corrected chi connectivity index (χ3v) is 7.72. The fraction of sp³-hybridized carbons (Fsp3) is 0.0556. The summed E-state index contributed by atoms with van der Waals surface area (Å²) in [6.45, 7) is 3.74. The minimum atomic E-state index is -0.364. The molecule has 4 aromatic carbocycles. The summed E-state index contributed by atoms with van der Waals surface area (Å²) in [5.74, 6) is 1.31. The van der Waals surface area contributed by atoms with Crippen LogP contribution in [0, 0.1) is 42.3 Å². The van der Waals surface area contributed by atoms with Crippen molar-refractivity contribution in [2.24, 2.45) is 0 Å². The molecule has 7 rings (SSSR count). The van der Waals surface area contributed by atoms with Gasteiger partial charge in [-0.2, -0.15) is 15.6 Å². The van der Waals surface area contributed by atoms with Crippen molar-refractivity contribution >= 4 is 21.8 Å². The lowest BCUT2D eigenvalue weighted by atomic mass is 9.90. The van der Waals surface area contributed by atoms with Gasteiger partial charge in [-0.15, -0.1) is 0 Å². The molecule has 3 aromatic heterocycles. The molecule has 0 saturated heterocycles. The number of ether oxygens (including phenoxy) is 1. The second-order valence-corrected chi connectivity index (χ2v) is 10.5. The number of para-hydroxylation sites is 1. The van der Waals surface area contributed by atoms with Crippen molar-refractivity contribution in [1.82, 2.24) is 19.3 Å². The number of aromatic nitrogens is 4. The Kier molecular flexibility index (Phi) is 6.38. The average Bonchev–Trinajstić information content (AvgIpc) is 3.64. The third kappa shape index (κ3) is 4.43. The maximum atomic E-state index is 14.2. The van der Waals surface area contributed by atoms with Gasteiger partial charge < -0.3 is 4.74 Å². The highest BCUT2D eigenvalue weighted by molar-refractivity contribution is 6.09. The van der Waals surface area contributed by atoms with E-state index in [4.69, 9.17) is 4.74 Å². The van der Waals surface area contributed by atoms with Crippen LogP contribution in [0.5, 0.6) is 11.5 Å². The molecule has 0 spiro atoms. The molecule has 0 N–H and O–H groups in total. The van der Waals surface area contributed by atoms with Crippen LogP contribution < -0.4 is 4.74 Å². The quantitative estimate of drug-likeness (QED) is 0.206. The van der Waals surface area contributed by atoms with E-state index in [-0.39, 0.29) is 5.82 Å². The van der Waals surface area contributed by atoms with Crippen molar-refractivity contribution in [2.75, 3.05) is 0 Å². The fourth-order valence-electron chi connectivity index (χ4n) is 5.76. The summed E-state index contributed by atoms with van der Waals surface area (Å²) in [7, 11) is 0. The minimum Gasteiger partial charge on any atom is -0.457 e. The number of halogens is 1. The summed E-state index contributed by atoms with van der Waals surface area (Å²) >= 11 is 0. The van der Waals surface area contributed by atoms with Gasteiger partial charge in [0.2, 0.25) is 0 Å². The zero-order valence-corrected chi connectivity index (χ0v) is 23.8. The topological polar surface area (TPSA) is 92.4 Å². The molecule has 0 saturated carbocycles. The van der Waals surface area contributed by atoms with Crippen molar-refractivity contribution in [1.29, 1.82) is 10.5 Å². The van der Waals surface area contributed by atoms with Crippen LogP contribution >= 0.6 is 0 Å². The summed E-state index contributed by atoms with van der Waals surface area (Å²) in [4.78, 5) is 4.43. The number of rotatable bonds is 5. The predicted molar refractivity (Wildman–Crippen MR) is 167 cm³/mol. The molecule has 0 bridgehead atoms. The van der Waals surface area contributed by atoms with Gasteiger partial charge in [-0.05, 0) is 61.4 Å². The highest BCUT2D eigenvalue weighted by atomic mass is 19.1. The van der Waals surface area contributed by atoms with E-state index in [9.17, 15) is 14.9 Å². The number of aryl methyl sites for hydroxylation is 2. The van der Waals surface area contributed by atoms with Crippen molar-refractivity contribution in [3.8, 4) is 46.3 Å². The van der Waals surface area contributed by atoms with Crippen molar-refractivity contribution in [3.63, 3.8) is 0 Å². The Labute approximate surface area is 252 Å². The summed E-state index contributed by atoms with van der Waals surface area (Å²) in [5, 5.41) is 26.3. The van der Waals surface area contributed by atoms with E-state index in [1.165, 1.54) is 18.3 Å². The monoisotopic (exact) mass is 574 g/mol. The lowest BCUT2D eigenvalue weighted by Gasteiger charge is -2.11. The molecule has 210 valence electrons. The molecule has 0 aliphatic carbocycles. The molecule has 7 nitrogen and oxygen atoms in total. The van der Waals surface area contributed by atoms with E-state index in [0.29, 0.717) is 39.6 Å². The summed E-state index contributed by atoms with van der Waals surface area (Å²) < 4.78 is 24.1. The van der Waals surface area contributed by atoms with Gasteiger partial charge in [0.15, 0.2) is 0 Å². The molecule has 0 fully saturated rings. The Hall–Kier alpha value is -6.25. The molecule has 0 amide bonds. The van der Waals surface area contributed by atoms with Crippen molar-refractivity contribution in [3.05, 3.63) is 132 Å². The number of pyridine rings is 1. The van der Waals surface area contributed by atoms with E-state index >= 15 is 0 Å². The Balaban J connectivity index is 1.26. The Morgan fingerprint density at radius 3 is 2.30 bits per heavy atom.